The maximum absolute atomic E-state index is 11.5. The van der Waals surface area contributed by atoms with Gasteiger partial charge in [-0.3, -0.25) is 9.59 Å². The molecule has 6 heteroatoms. The fourth-order valence-corrected chi connectivity index (χ4v) is 1.01. The molecule has 0 aliphatic rings. The summed E-state index contributed by atoms with van der Waals surface area (Å²) < 4.78 is 0. The SMILES string of the molecule is NC(=O)NCNC(=O)C(=O)c1ccccc1. The molecule has 4 N–H and O–H groups in total. The molecule has 1 rings (SSSR count). The molecular formula is C10H11N3O3. The number of urea groups is 1. The van der Waals surface area contributed by atoms with Gasteiger partial charge in [0.1, 0.15) is 0 Å². The summed E-state index contributed by atoms with van der Waals surface area (Å²) in [7, 11) is 0. The summed E-state index contributed by atoms with van der Waals surface area (Å²) in [5, 5.41) is 4.35. The second-order valence-corrected chi connectivity index (χ2v) is 2.92. The monoisotopic (exact) mass is 221 g/mol. The molecule has 84 valence electrons. The van der Waals surface area contributed by atoms with Crippen molar-refractivity contribution in [1.82, 2.24) is 10.6 Å². The second kappa shape index (κ2) is 5.50. The molecule has 16 heavy (non-hydrogen) atoms. The minimum Gasteiger partial charge on any atom is -0.352 e. The van der Waals surface area contributed by atoms with E-state index in [9.17, 15) is 14.4 Å². The first-order valence-electron chi connectivity index (χ1n) is 4.52. The molecule has 0 aliphatic heterocycles. The topological polar surface area (TPSA) is 101 Å². The van der Waals surface area contributed by atoms with E-state index in [1.807, 2.05) is 0 Å². The zero-order valence-corrected chi connectivity index (χ0v) is 8.40. The van der Waals surface area contributed by atoms with E-state index in [0.29, 0.717) is 5.56 Å². The molecule has 0 atom stereocenters. The van der Waals surface area contributed by atoms with Gasteiger partial charge in [-0.25, -0.2) is 4.79 Å². The average molecular weight is 221 g/mol. The number of Topliss-reactive ketones (excluding diaryl/α,β-unsaturated/α-hetero) is 1. The fourth-order valence-electron chi connectivity index (χ4n) is 1.01. The van der Waals surface area contributed by atoms with Crippen molar-refractivity contribution < 1.29 is 14.4 Å². The molecule has 0 unspecified atom stereocenters. The van der Waals surface area contributed by atoms with Crippen LogP contribution in [0.4, 0.5) is 4.79 Å². The number of primary amides is 1. The lowest BCUT2D eigenvalue weighted by atomic mass is 10.1. The lowest BCUT2D eigenvalue weighted by molar-refractivity contribution is -0.117. The summed E-state index contributed by atoms with van der Waals surface area (Å²) in [6.07, 6.45) is 0. The molecule has 0 aliphatic carbocycles. The van der Waals surface area contributed by atoms with Crippen LogP contribution in [-0.4, -0.2) is 24.4 Å². The molecule has 0 saturated heterocycles. The van der Waals surface area contributed by atoms with E-state index in [1.54, 1.807) is 18.2 Å². The molecule has 0 bridgehead atoms. The molecule has 0 radical (unpaired) electrons. The highest BCUT2D eigenvalue weighted by atomic mass is 16.2. The third-order valence-electron chi connectivity index (χ3n) is 1.75. The van der Waals surface area contributed by atoms with Crippen LogP contribution in [0.2, 0.25) is 0 Å². The zero-order valence-electron chi connectivity index (χ0n) is 8.40. The lowest BCUT2D eigenvalue weighted by Crippen LogP contribution is -2.42. The Morgan fingerprint density at radius 1 is 1.06 bits per heavy atom. The van der Waals surface area contributed by atoms with Crippen LogP contribution in [0.15, 0.2) is 30.3 Å². The summed E-state index contributed by atoms with van der Waals surface area (Å²) in [6, 6.07) is 7.34. The Labute approximate surface area is 91.8 Å². The number of nitrogens with two attached hydrogens (primary N) is 1. The van der Waals surface area contributed by atoms with Crippen molar-refractivity contribution in [3.8, 4) is 0 Å². The van der Waals surface area contributed by atoms with Crippen LogP contribution >= 0.6 is 0 Å². The molecule has 1 aromatic rings. The van der Waals surface area contributed by atoms with Gasteiger partial charge in [0.05, 0.1) is 6.67 Å². The molecule has 0 spiro atoms. The average Bonchev–Trinajstić information content (AvgIpc) is 2.28. The van der Waals surface area contributed by atoms with Gasteiger partial charge in [-0.1, -0.05) is 30.3 Å². The minimum atomic E-state index is -0.792. The lowest BCUT2D eigenvalue weighted by Gasteiger charge is -2.04. The Kier molecular flexibility index (Phi) is 4.02. The van der Waals surface area contributed by atoms with Crippen molar-refractivity contribution in [3.05, 3.63) is 35.9 Å². The van der Waals surface area contributed by atoms with Gasteiger partial charge in [0, 0.05) is 5.56 Å². The van der Waals surface area contributed by atoms with Crippen LogP contribution in [0.1, 0.15) is 10.4 Å². The van der Waals surface area contributed by atoms with Crippen LogP contribution in [-0.2, 0) is 4.79 Å². The van der Waals surface area contributed by atoms with Gasteiger partial charge >= 0.3 is 6.03 Å². The number of hydrogen-bond donors (Lipinski definition) is 3. The van der Waals surface area contributed by atoms with Crippen molar-refractivity contribution in [1.29, 1.82) is 0 Å². The minimum absolute atomic E-state index is 0.174. The number of benzene rings is 1. The van der Waals surface area contributed by atoms with Crippen LogP contribution in [0.5, 0.6) is 0 Å². The Bertz CT molecular complexity index is 403. The van der Waals surface area contributed by atoms with E-state index < -0.39 is 17.7 Å². The number of hydrogen-bond acceptors (Lipinski definition) is 3. The first kappa shape index (κ1) is 11.7. The van der Waals surface area contributed by atoms with E-state index in [1.165, 1.54) is 12.1 Å². The summed E-state index contributed by atoms with van der Waals surface area (Å²) in [4.78, 5) is 33.0. The second-order valence-electron chi connectivity index (χ2n) is 2.92. The Morgan fingerprint density at radius 3 is 2.25 bits per heavy atom. The molecule has 1 aromatic carbocycles. The van der Waals surface area contributed by atoms with Crippen molar-refractivity contribution in [2.75, 3.05) is 6.67 Å². The molecule has 0 heterocycles. The smallest absolute Gasteiger partial charge is 0.313 e. The highest BCUT2D eigenvalue weighted by Gasteiger charge is 2.14. The molecule has 0 aromatic heterocycles. The van der Waals surface area contributed by atoms with Gasteiger partial charge in [-0.15, -0.1) is 0 Å². The molecule has 0 fully saturated rings. The van der Waals surface area contributed by atoms with Gasteiger partial charge in [0.2, 0.25) is 5.78 Å². The van der Waals surface area contributed by atoms with E-state index in [-0.39, 0.29) is 6.67 Å². The van der Waals surface area contributed by atoms with Crippen molar-refractivity contribution in [2.24, 2.45) is 5.73 Å². The van der Waals surface area contributed by atoms with Crippen LogP contribution in [0, 0.1) is 0 Å². The van der Waals surface area contributed by atoms with Gasteiger partial charge in [-0.2, -0.15) is 0 Å². The molecule has 0 saturated carbocycles. The molecule has 3 amide bonds. The maximum atomic E-state index is 11.5. The zero-order chi connectivity index (χ0) is 12.0. The van der Waals surface area contributed by atoms with Crippen LogP contribution < -0.4 is 16.4 Å². The number of rotatable bonds is 4. The Balaban J connectivity index is 2.49. The Hall–Kier alpha value is -2.37. The largest absolute Gasteiger partial charge is 0.352 e. The van der Waals surface area contributed by atoms with Crippen molar-refractivity contribution in [3.63, 3.8) is 0 Å². The van der Waals surface area contributed by atoms with Crippen molar-refractivity contribution in [2.45, 2.75) is 0 Å². The third-order valence-corrected chi connectivity index (χ3v) is 1.75. The number of carbonyl (C=O) groups excluding carboxylic acids is 3. The molecular weight excluding hydrogens is 210 g/mol. The van der Waals surface area contributed by atoms with Crippen LogP contribution in [0.3, 0.4) is 0 Å². The predicted molar refractivity (Wildman–Crippen MR) is 56.5 cm³/mol. The number of ketones is 1. The summed E-state index contributed by atoms with van der Waals surface area (Å²) in [5.41, 5.74) is 5.07. The number of nitrogens with one attached hydrogen (secondary N) is 2. The number of amides is 3. The van der Waals surface area contributed by atoms with Gasteiger partial charge in [-0.05, 0) is 0 Å². The molecule has 6 nitrogen and oxygen atoms in total. The van der Waals surface area contributed by atoms with Gasteiger partial charge in [0.25, 0.3) is 5.91 Å². The fraction of sp³-hybridized carbons (Fsp3) is 0.100. The van der Waals surface area contributed by atoms with Crippen LogP contribution in [0.25, 0.3) is 0 Å². The highest BCUT2D eigenvalue weighted by molar-refractivity contribution is 6.42. The van der Waals surface area contributed by atoms with E-state index in [0.717, 1.165) is 0 Å². The van der Waals surface area contributed by atoms with E-state index >= 15 is 0 Å². The quantitative estimate of drug-likeness (QED) is 0.366. The van der Waals surface area contributed by atoms with E-state index in [4.69, 9.17) is 5.73 Å². The normalized spacial score (nSPS) is 9.25. The number of carbonyl (C=O) groups is 3. The predicted octanol–water partition coefficient (Wildman–Crippen LogP) is -0.389. The van der Waals surface area contributed by atoms with Crippen molar-refractivity contribution >= 4 is 17.7 Å². The third kappa shape index (κ3) is 3.41. The highest BCUT2D eigenvalue weighted by Crippen LogP contribution is 1.99. The summed E-state index contributed by atoms with van der Waals surface area (Å²) in [5.74, 6) is -1.45. The summed E-state index contributed by atoms with van der Waals surface area (Å²) in [6.45, 7) is -0.174. The van der Waals surface area contributed by atoms with E-state index in [2.05, 4.69) is 10.6 Å². The summed E-state index contributed by atoms with van der Waals surface area (Å²) >= 11 is 0. The van der Waals surface area contributed by atoms with Gasteiger partial charge < -0.3 is 16.4 Å². The Morgan fingerprint density at radius 2 is 1.69 bits per heavy atom. The van der Waals surface area contributed by atoms with Gasteiger partial charge in [0.15, 0.2) is 0 Å². The first-order chi connectivity index (χ1) is 7.61. The maximum Gasteiger partial charge on any atom is 0.313 e. The standard InChI is InChI=1S/C10H11N3O3/c11-10(16)13-6-12-9(15)8(14)7-4-2-1-3-5-7/h1-5H,6H2,(H,12,15)(H3,11,13,16). The first-order valence-corrected chi connectivity index (χ1v) is 4.52.